The Balaban J connectivity index is 2.11. The minimum atomic E-state index is -3.69. The van der Waals surface area contributed by atoms with Gasteiger partial charge >= 0.3 is 0 Å². The van der Waals surface area contributed by atoms with Gasteiger partial charge in [-0.15, -0.1) is 11.3 Å². The fourth-order valence-electron chi connectivity index (χ4n) is 1.49. The normalized spacial score (nSPS) is 11.5. The lowest BCUT2D eigenvalue weighted by atomic mass is 10.3. The van der Waals surface area contributed by atoms with E-state index in [0.717, 1.165) is 5.69 Å². The van der Waals surface area contributed by atoms with Crippen LogP contribution in [0.5, 0.6) is 0 Å². The Kier molecular flexibility index (Phi) is 5.05. The van der Waals surface area contributed by atoms with E-state index in [1.54, 1.807) is 5.51 Å². The summed E-state index contributed by atoms with van der Waals surface area (Å²) in [5, 5.41) is 1.88. The predicted molar refractivity (Wildman–Crippen MR) is 80.8 cm³/mol. The summed E-state index contributed by atoms with van der Waals surface area (Å²) < 4.78 is 27.5. The summed E-state index contributed by atoms with van der Waals surface area (Å²) in [6, 6.07) is 1.44. The molecule has 0 aliphatic carbocycles. The predicted octanol–water partition coefficient (Wildman–Crippen LogP) is 1.11. The molecular weight excluding hydrogens is 366 g/mol. The highest BCUT2D eigenvalue weighted by Gasteiger charge is 2.19. The summed E-state index contributed by atoms with van der Waals surface area (Å²) in [5.74, 6) is 5.37. The van der Waals surface area contributed by atoms with Crippen LogP contribution in [0.25, 0.3) is 0 Å². The van der Waals surface area contributed by atoms with Crippen LogP contribution in [-0.2, 0) is 16.4 Å². The number of anilines is 1. The van der Waals surface area contributed by atoms with Crippen molar-refractivity contribution in [1.29, 1.82) is 0 Å². The second-order valence-corrected chi connectivity index (χ2v) is 7.14. The van der Waals surface area contributed by atoms with E-state index in [2.05, 4.69) is 36.0 Å². The van der Waals surface area contributed by atoms with Crippen molar-refractivity contribution in [3.05, 3.63) is 33.3 Å². The molecule has 0 bridgehead atoms. The van der Waals surface area contributed by atoms with E-state index in [1.165, 1.54) is 23.6 Å². The molecule has 0 unspecified atom stereocenters. The van der Waals surface area contributed by atoms with E-state index >= 15 is 0 Å². The molecule has 0 saturated heterocycles. The molecule has 0 fully saturated rings. The van der Waals surface area contributed by atoms with Crippen LogP contribution < -0.4 is 16.0 Å². The monoisotopic (exact) mass is 377 g/mol. The molecule has 0 atom stereocenters. The van der Waals surface area contributed by atoms with Crippen molar-refractivity contribution in [3.8, 4) is 0 Å². The van der Waals surface area contributed by atoms with Crippen molar-refractivity contribution in [2.75, 3.05) is 12.0 Å². The van der Waals surface area contributed by atoms with Crippen LogP contribution in [-0.4, -0.2) is 24.9 Å². The minimum Gasteiger partial charge on any atom is -0.307 e. The Morgan fingerprint density at radius 1 is 1.40 bits per heavy atom. The quantitative estimate of drug-likeness (QED) is 0.513. The minimum absolute atomic E-state index is 0.00680. The molecule has 0 amide bonds. The lowest BCUT2D eigenvalue weighted by molar-refractivity contribution is 0.581. The number of nitrogens with one attached hydrogen (secondary N) is 2. The molecular formula is C10H12BrN5O2S2. The summed E-state index contributed by atoms with van der Waals surface area (Å²) >= 11 is 4.66. The molecule has 0 saturated carbocycles. The highest BCUT2D eigenvalue weighted by atomic mass is 79.9. The van der Waals surface area contributed by atoms with Crippen LogP contribution in [0.4, 0.5) is 5.82 Å². The van der Waals surface area contributed by atoms with E-state index in [1.807, 2.05) is 5.38 Å². The van der Waals surface area contributed by atoms with Gasteiger partial charge in [-0.25, -0.2) is 29.0 Å². The summed E-state index contributed by atoms with van der Waals surface area (Å²) in [5.41, 5.74) is 4.83. The zero-order valence-corrected chi connectivity index (χ0v) is 13.4. The Morgan fingerprint density at radius 2 is 2.20 bits per heavy atom. The molecule has 0 aliphatic rings. The first-order valence-electron chi connectivity index (χ1n) is 5.52. The number of aromatic nitrogens is 2. The SMILES string of the molecule is NNc1ncc(Br)cc1S(=O)(=O)NCCc1cscn1. The maximum atomic E-state index is 12.2. The first kappa shape index (κ1) is 15.3. The largest absolute Gasteiger partial charge is 0.307 e. The fraction of sp³-hybridized carbons (Fsp3) is 0.200. The molecule has 2 aromatic heterocycles. The second-order valence-electron chi connectivity index (χ2n) is 3.77. The van der Waals surface area contributed by atoms with Crippen LogP contribution in [0, 0.1) is 0 Å². The number of hydrogen-bond donors (Lipinski definition) is 3. The number of nitrogens with two attached hydrogens (primary N) is 1. The summed E-state index contributed by atoms with van der Waals surface area (Å²) in [4.78, 5) is 7.99. The van der Waals surface area contributed by atoms with Gasteiger partial charge in [-0.2, -0.15) is 0 Å². The molecule has 4 N–H and O–H groups in total. The highest BCUT2D eigenvalue weighted by molar-refractivity contribution is 9.10. The maximum Gasteiger partial charge on any atom is 0.244 e. The van der Waals surface area contributed by atoms with E-state index < -0.39 is 10.0 Å². The molecule has 0 aliphatic heterocycles. The highest BCUT2D eigenvalue weighted by Crippen LogP contribution is 2.21. The molecule has 108 valence electrons. The molecule has 0 aromatic carbocycles. The molecule has 20 heavy (non-hydrogen) atoms. The van der Waals surface area contributed by atoms with Crippen LogP contribution in [0.15, 0.2) is 32.5 Å². The van der Waals surface area contributed by atoms with Crippen LogP contribution >= 0.6 is 27.3 Å². The molecule has 0 radical (unpaired) electrons. The fourth-order valence-corrected chi connectivity index (χ4v) is 3.74. The van der Waals surface area contributed by atoms with Crippen molar-refractivity contribution in [2.45, 2.75) is 11.3 Å². The van der Waals surface area contributed by atoms with Crippen LogP contribution in [0.2, 0.25) is 0 Å². The third-order valence-electron chi connectivity index (χ3n) is 2.40. The molecule has 10 heteroatoms. The van der Waals surface area contributed by atoms with E-state index in [9.17, 15) is 8.42 Å². The summed E-state index contributed by atoms with van der Waals surface area (Å²) in [6.45, 7) is 0.253. The second kappa shape index (κ2) is 6.59. The summed E-state index contributed by atoms with van der Waals surface area (Å²) in [6.07, 6.45) is 1.99. The van der Waals surface area contributed by atoms with Crippen molar-refractivity contribution < 1.29 is 8.42 Å². The number of pyridine rings is 1. The standard InChI is InChI=1S/C10H12BrN5O2S2/c11-7-3-9(10(16-12)13-4-7)20(17,18)15-2-1-8-5-19-6-14-8/h3-6,15H,1-2,12H2,(H,13,16). The molecule has 7 nitrogen and oxygen atoms in total. The number of nitrogens with zero attached hydrogens (tertiary/aromatic N) is 2. The van der Waals surface area contributed by atoms with Gasteiger partial charge in [0.15, 0.2) is 5.82 Å². The average molecular weight is 378 g/mol. The third kappa shape index (κ3) is 3.73. The van der Waals surface area contributed by atoms with Crippen molar-refractivity contribution in [3.63, 3.8) is 0 Å². The zero-order chi connectivity index (χ0) is 14.6. The Labute approximate surface area is 128 Å². The first-order valence-corrected chi connectivity index (χ1v) is 8.74. The lowest BCUT2D eigenvalue weighted by Crippen LogP contribution is -2.27. The Hall–Kier alpha value is -1.07. The first-order chi connectivity index (χ1) is 9.53. The van der Waals surface area contributed by atoms with Crippen molar-refractivity contribution >= 4 is 43.1 Å². The summed E-state index contributed by atoms with van der Waals surface area (Å²) in [7, 11) is -3.69. The van der Waals surface area contributed by atoms with E-state index in [4.69, 9.17) is 5.84 Å². The van der Waals surface area contributed by atoms with Crippen LogP contribution in [0.3, 0.4) is 0 Å². The average Bonchev–Trinajstić information content (AvgIpc) is 2.91. The number of nitrogen functional groups attached to an aromatic ring is 1. The molecule has 0 spiro atoms. The topological polar surface area (TPSA) is 110 Å². The van der Waals surface area contributed by atoms with Gasteiger partial charge in [0, 0.05) is 29.0 Å². The third-order valence-corrected chi connectivity index (χ3v) is 4.95. The number of thiazole rings is 1. The van der Waals surface area contributed by atoms with Gasteiger partial charge in [0.1, 0.15) is 4.90 Å². The Bertz CT molecular complexity index is 675. The van der Waals surface area contributed by atoms with Gasteiger partial charge < -0.3 is 5.43 Å². The van der Waals surface area contributed by atoms with Gasteiger partial charge in [0.2, 0.25) is 10.0 Å². The maximum absolute atomic E-state index is 12.2. The van der Waals surface area contributed by atoms with Crippen molar-refractivity contribution in [2.24, 2.45) is 5.84 Å². The van der Waals surface area contributed by atoms with Crippen molar-refractivity contribution in [1.82, 2.24) is 14.7 Å². The van der Waals surface area contributed by atoms with Gasteiger partial charge in [-0.1, -0.05) is 0 Å². The molecule has 2 rings (SSSR count). The number of sulfonamides is 1. The number of hydrazine groups is 1. The smallest absolute Gasteiger partial charge is 0.244 e. The number of hydrogen-bond acceptors (Lipinski definition) is 7. The molecule has 2 heterocycles. The van der Waals surface area contributed by atoms with E-state index in [-0.39, 0.29) is 17.3 Å². The Morgan fingerprint density at radius 3 is 2.85 bits per heavy atom. The molecule has 2 aromatic rings. The van der Waals surface area contributed by atoms with Gasteiger partial charge in [0.05, 0.1) is 11.2 Å². The van der Waals surface area contributed by atoms with Gasteiger partial charge in [-0.05, 0) is 22.0 Å². The van der Waals surface area contributed by atoms with Gasteiger partial charge in [0.25, 0.3) is 0 Å². The number of halogens is 1. The van der Waals surface area contributed by atoms with Crippen LogP contribution in [0.1, 0.15) is 5.69 Å². The van der Waals surface area contributed by atoms with E-state index in [0.29, 0.717) is 10.9 Å². The zero-order valence-electron chi connectivity index (χ0n) is 10.2. The van der Waals surface area contributed by atoms with Gasteiger partial charge in [-0.3, -0.25) is 0 Å². The number of rotatable bonds is 6. The lowest BCUT2D eigenvalue weighted by Gasteiger charge is -2.10.